The molecule has 1 saturated carbocycles. The van der Waals surface area contributed by atoms with Crippen molar-refractivity contribution >= 4 is 79.8 Å². The number of halogens is 7. The zero-order valence-electron chi connectivity index (χ0n) is 17.2. The third-order valence-electron chi connectivity index (χ3n) is 5.18. The van der Waals surface area contributed by atoms with Crippen LogP contribution in [-0.4, -0.2) is 35.4 Å². The second kappa shape index (κ2) is 10.6. The van der Waals surface area contributed by atoms with Crippen molar-refractivity contribution in [3.63, 3.8) is 0 Å². The molecule has 1 aliphatic rings. The number of rotatable bonds is 7. The molecule has 10 heteroatoms. The third kappa shape index (κ3) is 6.73. The summed E-state index contributed by atoms with van der Waals surface area (Å²) in [5.41, 5.74) is 0.792. The van der Waals surface area contributed by atoms with Crippen molar-refractivity contribution in [3.05, 3.63) is 72.6 Å². The Bertz CT molecular complexity index is 1100. The first-order valence-electron chi connectivity index (χ1n) is 9.85. The summed E-state index contributed by atoms with van der Waals surface area (Å²) in [4.78, 5) is 15.2. The van der Waals surface area contributed by atoms with Crippen LogP contribution in [0.4, 0.5) is 13.2 Å². The summed E-state index contributed by atoms with van der Waals surface area (Å²) in [6, 6.07) is 7.07. The number of hydrogen-bond acceptors (Lipinski definition) is 2. The Morgan fingerprint density at radius 2 is 1.82 bits per heavy atom. The van der Waals surface area contributed by atoms with Crippen LogP contribution in [0, 0.1) is 5.92 Å². The van der Waals surface area contributed by atoms with E-state index in [2.05, 4.69) is 15.9 Å². The highest BCUT2D eigenvalue weighted by Gasteiger charge is 2.39. The zero-order chi connectivity index (χ0) is 24.5. The van der Waals surface area contributed by atoms with Crippen LogP contribution in [0.15, 0.2) is 40.9 Å². The average molecular weight is 600 g/mol. The lowest BCUT2D eigenvalue weighted by Gasteiger charge is -2.19. The van der Waals surface area contributed by atoms with Crippen LogP contribution in [0.5, 0.6) is 0 Å². The van der Waals surface area contributed by atoms with Crippen molar-refractivity contribution in [2.75, 3.05) is 13.6 Å². The number of Topliss-reactive ketones (excluding diaryl/α,β-unsaturated/α-hetero) is 1. The first-order chi connectivity index (χ1) is 15.4. The molecule has 0 radical (unpaired) electrons. The van der Waals surface area contributed by atoms with Crippen molar-refractivity contribution in [1.82, 2.24) is 4.90 Å². The van der Waals surface area contributed by atoms with E-state index >= 15 is 0 Å². The number of thiocarbonyl (C=S) groups is 1. The molecular weight excluding hydrogens is 582 g/mol. The Morgan fingerprint density at radius 1 is 1.21 bits per heavy atom. The molecule has 176 valence electrons. The quantitative estimate of drug-likeness (QED) is 0.181. The molecule has 0 spiro atoms. The highest BCUT2D eigenvalue weighted by Crippen LogP contribution is 2.41. The fourth-order valence-electron chi connectivity index (χ4n) is 3.25. The van der Waals surface area contributed by atoms with E-state index in [1.165, 1.54) is 6.08 Å². The molecule has 2 aromatic carbocycles. The minimum Gasteiger partial charge on any atom is -0.361 e. The predicted molar refractivity (Wildman–Crippen MR) is 136 cm³/mol. The van der Waals surface area contributed by atoms with Crippen LogP contribution in [-0.2, 0) is 0 Å². The Balaban J connectivity index is 1.80. The summed E-state index contributed by atoms with van der Waals surface area (Å²) in [5, 5.41) is -0.114. The smallest absolute Gasteiger partial charge is 0.361 e. The average Bonchev–Trinajstić information content (AvgIpc) is 3.55. The first-order valence-corrected chi connectivity index (χ1v) is 12.2. The fourth-order valence-corrected chi connectivity index (χ4v) is 4.78. The van der Waals surface area contributed by atoms with E-state index in [0.29, 0.717) is 21.5 Å². The van der Waals surface area contributed by atoms with Crippen LogP contribution in [0.2, 0.25) is 15.1 Å². The summed E-state index contributed by atoms with van der Waals surface area (Å²) in [5.74, 6) is -1.70. The van der Waals surface area contributed by atoms with Gasteiger partial charge in [-0.15, -0.1) is 0 Å². The van der Waals surface area contributed by atoms with Gasteiger partial charge in [-0.25, -0.2) is 0 Å². The number of hydrogen-bond donors (Lipinski definition) is 0. The SMILES string of the molecule is CN(CC(=O)c1ccc(/C=C/C(c2cc(Cl)c(Cl)c(Cl)c2)C(F)(F)F)cc1Br)C(=S)C1CC1. The number of ketones is 1. The predicted octanol–water partition coefficient (Wildman–Crippen LogP) is 8.62. The molecule has 2 aromatic rings. The molecule has 0 N–H and O–H groups in total. The van der Waals surface area contributed by atoms with Crippen LogP contribution < -0.4 is 0 Å². The van der Waals surface area contributed by atoms with E-state index in [9.17, 15) is 18.0 Å². The molecule has 1 unspecified atom stereocenters. The molecule has 1 aliphatic carbocycles. The molecule has 0 bridgehead atoms. The van der Waals surface area contributed by atoms with E-state index in [-0.39, 0.29) is 33.0 Å². The minimum absolute atomic E-state index is 0.000266. The Hall–Kier alpha value is -1.12. The second-order valence-corrected chi connectivity index (χ2v) is 10.3. The number of carbonyl (C=O) groups excluding carboxylic acids is 1. The van der Waals surface area contributed by atoms with E-state index < -0.39 is 12.1 Å². The number of likely N-dealkylation sites (N-methyl/N-ethyl adjacent to an activating group) is 1. The van der Waals surface area contributed by atoms with Crippen LogP contribution in [0.3, 0.4) is 0 Å². The van der Waals surface area contributed by atoms with Gasteiger partial charge >= 0.3 is 6.18 Å². The molecular formula is C23H18BrCl3F3NOS. The van der Waals surface area contributed by atoms with Crippen LogP contribution in [0.1, 0.15) is 40.2 Å². The summed E-state index contributed by atoms with van der Waals surface area (Å²) in [7, 11) is 1.79. The first kappa shape index (κ1) is 26.5. The van der Waals surface area contributed by atoms with Gasteiger partial charge in [-0.1, -0.05) is 81.2 Å². The van der Waals surface area contributed by atoms with Gasteiger partial charge in [-0.05, 0) is 48.2 Å². The lowest BCUT2D eigenvalue weighted by atomic mass is 9.96. The van der Waals surface area contributed by atoms with Crippen molar-refractivity contribution in [1.29, 1.82) is 0 Å². The van der Waals surface area contributed by atoms with E-state index in [0.717, 1.165) is 36.0 Å². The molecule has 0 aromatic heterocycles. The van der Waals surface area contributed by atoms with E-state index in [4.69, 9.17) is 47.0 Å². The third-order valence-corrected chi connectivity index (χ3v) is 7.67. The monoisotopic (exact) mass is 597 g/mol. The number of nitrogens with zero attached hydrogens (tertiary/aromatic N) is 1. The molecule has 0 saturated heterocycles. The summed E-state index contributed by atoms with van der Waals surface area (Å²) >= 11 is 26.4. The molecule has 0 amide bonds. The van der Waals surface area contributed by atoms with Gasteiger partial charge < -0.3 is 4.90 Å². The maximum absolute atomic E-state index is 13.7. The zero-order valence-corrected chi connectivity index (χ0v) is 21.9. The lowest BCUT2D eigenvalue weighted by molar-refractivity contribution is -0.139. The normalized spacial score (nSPS) is 15.0. The van der Waals surface area contributed by atoms with Gasteiger partial charge in [-0.2, -0.15) is 13.2 Å². The Morgan fingerprint density at radius 3 is 2.33 bits per heavy atom. The number of alkyl halides is 3. The van der Waals surface area contributed by atoms with E-state index in [1.54, 1.807) is 30.1 Å². The number of benzene rings is 2. The summed E-state index contributed by atoms with van der Waals surface area (Å²) in [6.45, 7) is 0.136. The summed E-state index contributed by atoms with van der Waals surface area (Å²) in [6.07, 6.45) is -0.123. The van der Waals surface area contributed by atoms with Gasteiger partial charge in [0.05, 0.1) is 32.5 Å². The highest BCUT2D eigenvalue weighted by molar-refractivity contribution is 9.10. The topological polar surface area (TPSA) is 20.3 Å². The summed E-state index contributed by atoms with van der Waals surface area (Å²) < 4.78 is 41.7. The second-order valence-electron chi connectivity index (χ2n) is 7.81. The van der Waals surface area contributed by atoms with Gasteiger partial charge in [0, 0.05) is 23.0 Å². The molecule has 0 aliphatic heterocycles. The van der Waals surface area contributed by atoms with Gasteiger partial charge in [0.1, 0.15) is 0 Å². The highest BCUT2D eigenvalue weighted by atomic mass is 79.9. The van der Waals surface area contributed by atoms with Crippen molar-refractivity contribution in [3.8, 4) is 0 Å². The lowest BCUT2D eigenvalue weighted by Crippen LogP contribution is -2.32. The molecule has 33 heavy (non-hydrogen) atoms. The molecule has 1 atom stereocenters. The maximum atomic E-state index is 13.7. The van der Waals surface area contributed by atoms with Gasteiger partial charge in [-0.3, -0.25) is 4.79 Å². The van der Waals surface area contributed by atoms with Crippen LogP contribution in [0.25, 0.3) is 6.08 Å². The van der Waals surface area contributed by atoms with Crippen molar-refractivity contribution in [2.45, 2.75) is 24.9 Å². The molecule has 3 rings (SSSR count). The molecule has 0 heterocycles. The Kier molecular flexibility index (Phi) is 8.55. The number of carbonyl (C=O) groups is 1. The molecule has 1 fully saturated rings. The maximum Gasteiger partial charge on any atom is 0.399 e. The standard InChI is InChI=1S/C23H18BrCl3F3NOS/c1-31(22(33)13-4-5-13)11-20(32)15-6-2-12(8-17(15)24)3-7-16(23(28,29)30)14-9-18(25)21(27)19(26)10-14/h2-3,6-10,13,16H,4-5,11H2,1H3/b7-3+. The Labute approximate surface area is 218 Å². The van der Waals surface area contributed by atoms with Crippen molar-refractivity contribution < 1.29 is 18.0 Å². The van der Waals surface area contributed by atoms with E-state index in [1.807, 2.05) is 0 Å². The molecule has 2 nitrogen and oxygen atoms in total. The van der Waals surface area contributed by atoms with Gasteiger partial charge in [0.15, 0.2) is 5.78 Å². The fraction of sp³-hybridized carbons (Fsp3) is 0.304. The van der Waals surface area contributed by atoms with Crippen LogP contribution >= 0.6 is 63.0 Å². The van der Waals surface area contributed by atoms with Gasteiger partial charge in [0.25, 0.3) is 0 Å². The van der Waals surface area contributed by atoms with Gasteiger partial charge in [0.2, 0.25) is 0 Å². The largest absolute Gasteiger partial charge is 0.399 e. The minimum atomic E-state index is -4.57. The number of allylic oxidation sites excluding steroid dienone is 1. The van der Waals surface area contributed by atoms with Crippen molar-refractivity contribution in [2.24, 2.45) is 5.92 Å².